The van der Waals surface area contributed by atoms with E-state index in [2.05, 4.69) is 62.3 Å². The molecule has 0 spiro atoms. The molecule has 0 saturated carbocycles. The normalized spacial score (nSPS) is 11.9. The lowest BCUT2D eigenvalue weighted by Crippen LogP contribution is -2.31. The van der Waals surface area contributed by atoms with E-state index in [-0.39, 0.29) is 5.91 Å². The van der Waals surface area contributed by atoms with Crippen LogP contribution in [-0.2, 0) is 17.9 Å². The molecule has 33 heavy (non-hydrogen) atoms. The van der Waals surface area contributed by atoms with Gasteiger partial charge in [-0.1, -0.05) is 101 Å². The number of rotatable bonds is 7. The second-order valence-electron chi connectivity index (χ2n) is 8.68. The van der Waals surface area contributed by atoms with Crippen LogP contribution in [0.3, 0.4) is 0 Å². The average Bonchev–Trinajstić information content (AvgIpc) is 3.23. The second kappa shape index (κ2) is 12.3. The van der Waals surface area contributed by atoms with Crippen LogP contribution in [0.25, 0.3) is 22.5 Å². The Hall–Kier alpha value is -2.95. The van der Waals surface area contributed by atoms with E-state index in [9.17, 15) is 4.79 Å². The number of para-hydroxylation sites is 1. The van der Waals surface area contributed by atoms with Crippen molar-refractivity contribution in [3.05, 3.63) is 54.1 Å². The van der Waals surface area contributed by atoms with Gasteiger partial charge in [0, 0.05) is 24.1 Å². The molecule has 1 aliphatic heterocycles. The SMILES string of the molecule is CCC.CCCCCCn1nnc2c1-c1ccccc1N(C(=O)CCC)Cc1ccccc1-2. The molecule has 0 N–H and O–H groups in total. The van der Waals surface area contributed by atoms with Gasteiger partial charge in [-0.05, 0) is 24.5 Å². The number of hydrogen-bond donors (Lipinski definition) is 0. The number of unbranched alkanes of at least 4 members (excludes halogenated alkanes) is 3. The smallest absolute Gasteiger partial charge is 0.227 e. The summed E-state index contributed by atoms with van der Waals surface area (Å²) < 4.78 is 2.04. The highest BCUT2D eigenvalue weighted by Gasteiger charge is 2.28. The van der Waals surface area contributed by atoms with E-state index in [1.807, 2.05) is 33.8 Å². The van der Waals surface area contributed by atoms with Gasteiger partial charge in [-0.15, -0.1) is 5.10 Å². The quantitative estimate of drug-likeness (QED) is 0.359. The van der Waals surface area contributed by atoms with Crippen molar-refractivity contribution < 1.29 is 4.79 Å². The van der Waals surface area contributed by atoms with Crippen molar-refractivity contribution in [1.29, 1.82) is 0 Å². The zero-order chi connectivity index (χ0) is 23.6. The monoisotopic (exact) mass is 446 g/mol. The number of nitrogens with zero attached hydrogens (tertiary/aromatic N) is 4. The first-order valence-electron chi connectivity index (χ1n) is 12.6. The lowest BCUT2D eigenvalue weighted by Gasteiger charge is -2.28. The van der Waals surface area contributed by atoms with Gasteiger partial charge in [0.2, 0.25) is 5.91 Å². The number of carbonyl (C=O) groups excluding carboxylic acids is 1. The molecule has 5 heteroatoms. The molecule has 0 saturated heterocycles. The summed E-state index contributed by atoms with van der Waals surface area (Å²) in [5, 5.41) is 9.16. The van der Waals surface area contributed by atoms with Gasteiger partial charge in [-0.2, -0.15) is 0 Å². The van der Waals surface area contributed by atoms with Crippen LogP contribution in [-0.4, -0.2) is 20.9 Å². The highest BCUT2D eigenvalue weighted by Crippen LogP contribution is 2.41. The molecule has 5 nitrogen and oxygen atoms in total. The molecule has 0 aliphatic carbocycles. The summed E-state index contributed by atoms with van der Waals surface area (Å²) in [7, 11) is 0. The van der Waals surface area contributed by atoms with E-state index in [1.165, 1.54) is 25.7 Å². The minimum Gasteiger partial charge on any atom is -0.307 e. The first-order valence-corrected chi connectivity index (χ1v) is 12.6. The van der Waals surface area contributed by atoms with Crippen LogP contribution in [0.15, 0.2) is 48.5 Å². The number of aryl methyl sites for hydroxylation is 1. The van der Waals surface area contributed by atoms with Crippen LogP contribution < -0.4 is 4.90 Å². The van der Waals surface area contributed by atoms with Crippen LogP contribution in [0.2, 0.25) is 0 Å². The van der Waals surface area contributed by atoms with Gasteiger partial charge in [0.25, 0.3) is 0 Å². The molecule has 0 atom stereocenters. The summed E-state index contributed by atoms with van der Waals surface area (Å²) in [6.45, 7) is 9.91. The summed E-state index contributed by atoms with van der Waals surface area (Å²) in [5.41, 5.74) is 6.09. The molecule has 176 valence electrons. The minimum atomic E-state index is 0.158. The van der Waals surface area contributed by atoms with Crippen molar-refractivity contribution in [2.45, 2.75) is 85.7 Å². The topological polar surface area (TPSA) is 51.0 Å². The molecule has 0 fully saturated rings. The molecule has 0 unspecified atom stereocenters. The van der Waals surface area contributed by atoms with E-state index in [0.717, 1.165) is 53.2 Å². The summed E-state index contributed by atoms with van der Waals surface area (Å²) >= 11 is 0. The van der Waals surface area contributed by atoms with Crippen LogP contribution in [0.1, 0.15) is 78.2 Å². The zero-order valence-electron chi connectivity index (χ0n) is 20.7. The minimum absolute atomic E-state index is 0.158. The van der Waals surface area contributed by atoms with E-state index in [4.69, 9.17) is 0 Å². The number of hydrogen-bond acceptors (Lipinski definition) is 3. The Labute approximate surface area is 198 Å². The maximum atomic E-state index is 13.1. The maximum Gasteiger partial charge on any atom is 0.227 e. The number of carbonyl (C=O) groups is 1. The van der Waals surface area contributed by atoms with Gasteiger partial charge in [0.05, 0.1) is 17.9 Å². The molecule has 1 aromatic heterocycles. The number of fused-ring (bicyclic) bond motifs is 5. The molecule has 0 bridgehead atoms. The van der Waals surface area contributed by atoms with Crippen molar-refractivity contribution >= 4 is 11.6 Å². The summed E-state index contributed by atoms with van der Waals surface area (Å²) in [6, 6.07) is 16.5. The van der Waals surface area contributed by atoms with Crippen LogP contribution in [0.5, 0.6) is 0 Å². The highest BCUT2D eigenvalue weighted by molar-refractivity contribution is 6.00. The average molecular weight is 447 g/mol. The van der Waals surface area contributed by atoms with Gasteiger partial charge in [-0.3, -0.25) is 4.79 Å². The molecule has 2 aromatic carbocycles. The molecule has 3 aromatic rings. The summed E-state index contributed by atoms with van der Waals surface area (Å²) in [5.74, 6) is 0.158. The third-order valence-corrected chi connectivity index (χ3v) is 5.77. The van der Waals surface area contributed by atoms with Crippen molar-refractivity contribution in [3.63, 3.8) is 0 Å². The first kappa shape index (κ1) is 24.7. The Balaban J connectivity index is 0.000000968. The Bertz CT molecular complexity index is 1040. The van der Waals surface area contributed by atoms with E-state index in [0.29, 0.717) is 13.0 Å². The predicted octanol–water partition coefficient (Wildman–Crippen LogP) is 7.26. The highest BCUT2D eigenvalue weighted by atomic mass is 16.2. The molecule has 4 rings (SSSR count). The van der Waals surface area contributed by atoms with E-state index in [1.54, 1.807) is 0 Å². The fourth-order valence-corrected chi connectivity index (χ4v) is 4.23. The van der Waals surface area contributed by atoms with Gasteiger partial charge in [0.1, 0.15) is 5.69 Å². The summed E-state index contributed by atoms with van der Waals surface area (Å²) in [4.78, 5) is 15.0. The van der Waals surface area contributed by atoms with Gasteiger partial charge in [0.15, 0.2) is 0 Å². The largest absolute Gasteiger partial charge is 0.307 e. The van der Waals surface area contributed by atoms with Crippen LogP contribution in [0.4, 0.5) is 5.69 Å². The van der Waals surface area contributed by atoms with E-state index >= 15 is 0 Å². The third-order valence-electron chi connectivity index (χ3n) is 5.77. The van der Waals surface area contributed by atoms with Gasteiger partial charge >= 0.3 is 0 Å². The molecule has 1 aliphatic rings. The lowest BCUT2D eigenvalue weighted by atomic mass is 9.95. The van der Waals surface area contributed by atoms with Crippen molar-refractivity contribution in [2.75, 3.05) is 4.90 Å². The molecule has 0 radical (unpaired) electrons. The second-order valence-corrected chi connectivity index (χ2v) is 8.68. The number of anilines is 1. The Morgan fingerprint density at radius 3 is 2.30 bits per heavy atom. The summed E-state index contributed by atoms with van der Waals surface area (Å²) in [6.07, 6.45) is 7.32. The lowest BCUT2D eigenvalue weighted by molar-refractivity contribution is -0.118. The molecular weight excluding hydrogens is 408 g/mol. The maximum absolute atomic E-state index is 13.1. The Morgan fingerprint density at radius 1 is 0.879 bits per heavy atom. The van der Waals surface area contributed by atoms with Gasteiger partial charge in [-0.25, -0.2) is 4.68 Å². The fourth-order valence-electron chi connectivity index (χ4n) is 4.23. The standard InChI is InChI=1S/C25H30N4O.C3H8/c1-3-5-6-11-17-29-25-21-15-9-10-16-22(21)28(23(30)12-4-2)18-19-13-7-8-14-20(19)24(25)26-27-29;1-3-2/h7-10,13-16H,3-6,11-12,17-18H2,1-2H3;3H2,1-2H3. The van der Waals surface area contributed by atoms with Crippen LogP contribution >= 0.6 is 0 Å². The van der Waals surface area contributed by atoms with Gasteiger partial charge < -0.3 is 4.90 Å². The molecular formula is C28H38N4O. The molecule has 2 heterocycles. The number of benzene rings is 2. The number of aromatic nitrogens is 3. The van der Waals surface area contributed by atoms with Crippen molar-refractivity contribution in [1.82, 2.24) is 15.0 Å². The zero-order valence-corrected chi connectivity index (χ0v) is 20.7. The van der Waals surface area contributed by atoms with Crippen molar-refractivity contribution in [3.8, 4) is 22.5 Å². The Kier molecular flexibility index (Phi) is 9.23. The number of amides is 1. The molecule has 1 amide bonds. The van der Waals surface area contributed by atoms with Crippen LogP contribution in [0, 0.1) is 0 Å². The van der Waals surface area contributed by atoms with E-state index < -0.39 is 0 Å². The van der Waals surface area contributed by atoms with Crippen molar-refractivity contribution in [2.24, 2.45) is 0 Å². The fraction of sp³-hybridized carbons (Fsp3) is 0.464. The Morgan fingerprint density at radius 2 is 1.58 bits per heavy atom. The predicted molar refractivity (Wildman–Crippen MR) is 137 cm³/mol. The first-order chi connectivity index (χ1) is 16.2. The third kappa shape index (κ3) is 5.70.